The van der Waals surface area contributed by atoms with Gasteiger partial charge in [-0.05, 0) is 95.1 Å². The Morgan fingerprint density at radius 1 is 0.221 bits per heavy atom. The second kappa shape index (κ2) is 23.0. The van der Waals surface area contributed by atoms with Crippen LogP contribution in [0.2, 0.25) is 0 Å². The number of aromatic nitrogens is 5. The van der Waals surface area contributed by atoms with Gasteiger partial charge >= 0.3 is 0 Å². The van der Waals surface area contributed by atoms with Crippen LogP contribution in [0.25, 0.3) is 105 Å². The van der Waals surface area contributed by atoms with Crippen molar-refractivity contribution in [2.45, 2.75) is 0 Å². The summed E-state index contributed by atoms with van der Waals surface area (Å²) in [6.07, 6.45) is 0. The third-order valence-electron chi connectivity index (χ3n) is 19.8. The normalized spacial score (nSPS) is 12.0. The molecule has 4 aromatic heterocycles. The Labute approximate surface area is 553 Å². The molecule has 0 aliphatic carbocycles. The molecule has 0 saturated carbocycles. The Morgan fingerprint density at radius 2 is 0.621 bits per heavy atom. The lowest BCUT2D eigenvalue weighted by Crippen LogP contribution is -2.74. The van der Waals surface area contributed by atoms with Gasteiger partial charge in [-0.15, -0.1) is 0 Å². The van der Waals surface area contributed by atoms with Crippen molar-refractivity contribution >= 4 is 123 Å². The van der Waals surface area contributed by atoms with Crippen molar-refractivity contribution in [3.05, 3.63) is 370 Å². The van der Waals surface area contributed by atoms with Crippen LogP contribution in [0.4, 0.5) is 0 Å². The fourth-order valence-electron chi connectivity index (χ4n) is 15.7. The average Bonchev–Trinajstić information content (AvgIpc) is 1.63. The van der Waals surface area contributed by atoms with Crippen molar-refractivity contribution in [3.8, 4) is 39.8 Å². The molecular weight excluding hydrogens is 1180 g/mol. The SMILES string of the molecule is c1ccc(-c2cccc([Si](c3ccccc3)(c3ccccc3)c3ccc(-c4cc(-n5c6ccccc6c6ccc([Si](c7ccccc7)(c7ccccc7)c7ccccc7)cc65)nc(-n5c6ccccc6c6ccc7c(c8ccccc8n7-c7ccccc7)c65)n4)cc3)c2)cc1. The van der Waals surface area contributed by atoms with E-state index in [1.54, 1.807) is 0 Å². The summed E-state index contributed by atoms with van der Waals surface area (Å²) in [4.78, 5) is 11.9. The molecule has 0 atom stereocenters. The van der Waals surface area contributed by atoms with Crippen LogP contribution in [0.1, 0.15) is 0 Å². The van der Waals surface area contributed by atoms with Gasteiger partial charge in [-0.3, -0.25) is 9.13 Å². The van der Waals surface area contributed by atoms with Gasteiger partial charge < -0.3 is 4.57 Å². The maximum Gasteiger partial charge on any atom is 0.237 e. The molecule has 0 unspecified atom stereocenters. The third kappa shape index (κ3) is 8.89. The average molecular weight is 1240 g/mol. The van der Waals surface area contributed by atoms with Crippen molar-refractivity contribution in [1.29, 1.82) is 0 Å². The highest BCUT2D eigenvalue weighted by atomic mass is 28.3. The van der Waals surface area contributed by atoms with E-state index >= 15 is 0 Å². The third-order valence-corrected chi connectivity index (χ3v) is 29.3. The number of benzene rings is 14. The van der Waals surface area contributed by atoms with Gasteiger partial charge in [0.05, 0.1) is 38.8 Å². The van der Waals surface area contributed by atoms with Gasteiger partial charge in [-0.2, -0.15) is 4.98 Å². The quantitative estimate of drug-likeness (QED) is 0.0853. The highest BCUT2D eigenvalue weighted by molar-refractivity contribution is 7.20. The molecule has 0 radical (unpaired) electrons. The molecule has 4 heterocycles. The summed E-state index contributed by atoms with van der Waals surface area (Å²) in [7, 11) is -6.03. The molecule has 0 saturated heterocycles. The summed E-state index contributed by atoms with van der Waals surface area (Å²) >= 11 is 0. The minimum atomic E-state index is -3.03. The van der Waals surface area contributed by atoms with E-state index in [0.717, 1.165) is 88.2 Å². The van der Waals surface area contributed by atoms with Crippen molar-refractivity contribution in [2.24, 2.45) is 0 Å². The van der Waals surface area contributed by atoms with Crippen LogP contribution in [-0.4, -0.2) is 39.8 Å². The highest BCUT2D eigenvalue weighted by Crippen LogP contribution is 2.43. The Balaban J connectivity index is 0.931. The van der Waals surface area contributed by atoms with E-state index in [1.165, 1.54) is 52.6 Å². The molecule has 0 fully saturated rings. The maximum atomic E-state index is 6.00. The van der Waals surface area contributed by atoms with Gasteiger partial charge in [-0.25, -0.2) is 4.98 Å². The molecule has 0 N–H and O–H groups in total. The molecular formula is C88H61N5Si2. The molecule has 18 rings (SSSR count). The maximum absolute atomic E-state index is 6.00. The molecule has 7 heteroatoms. The van der Waals surface area contributed by atoms with Crippen LogP contribution in [0, 0.1) is 0 Å². The van der Waals surface area contributed by atoms with Gasteiger partial charge in [0, 0.05) is 49.6 Å². The fourth-order valence-corrected chi connectivity index (χ4v) is 25.2. The Bertz CT molecular complexity index is 5740. The summed E-state index contributed by atoms with van der Waals surface area (Å²) in [6.45, 7) is 0. The van der Waals surface area contributed by atoms with Gasteiger partial charge in [0.1, 0.15) is 5.82 Å². The molecule has 0 bridgehead atoms. The zero-order chi connectivity index (χ0) is 62.9. The summed E-state index contributed by atoms with van der Waals surface area (Å²) in [5.41, 5.74) is 11.7. The molecule has 0 aliphatic rings. The predicted molar refractivity (Wildman–Crippen MR) is 403 cm³/mol. The van der Waals surface area contributed by atoms with Crippen LogP contribution in [-0.2, 0) is 0 Å². The zero-order valence-corrected chi connectivity index (χ0v) is 54.0. The van der Waals surface area contributed by atoms with Crippen molar-refractivity contribution < 1.29 is 0 Å². The summed E-state index contributed by atoms with van der Waals surface area (Å²) < 4.78 is 7.18. The summed E-state index contributed by atoms with van der Waals surface area (Å²) in [5.74, 6) is 1.35. The first-order chi connectivity index (χ1) is 47.1. The van der Waals surface area contributed by atoms with E-state index in [2.05, 4.69) is 384 Å². The Hall–Kier alpha value is -12.0. The lowest BCUT2D eigenvalue weighted by molar-refractivity contribution is 0.954. The molecule has 14 aromatic carbocycles. The van der Waals surface area contributed by atoms with Crippen molar-refractivity contribution in [2.75, 3.05) is 0 Å². The van der Waals surface area contributed by atoms with E-state index < -0.39 is 16.1 Å². The minimum Gasteiger partial charge on any atom is -0.309 e. The smallest absolute Gasteiger partial charge is 0.237 e. The van der Waals surface area contributed by atoms with Gasteiger partial charge in [0.2, 0.25) is 5.95 Å². The Kier molecular flexibility index (Phi) is 13.5. The molecule has 5 nitrogen and oxygen atoms in total. The molecule has 0 amide bonds. The van der Waals surface area contributed by atoms with Gasteiger partial charge in [-0.1, -0.05) is 322 Å². The standard InChI is InChI=1S/C88H61N5Si2/c1-8-29-62(30-9-1)64-31-28-44-72(59-64)95(69-40-18-6-19-41-69,70-42-20-7-21-43-70)71-53-51-63(52-54-71)79-61-85(90-88(89-79)93-81-49-26-23-46-75(81)77-57-58-83-86(87(77)93)78-47-24-27-50-82(78)91(83)65-32-10-2-11-33-65)92-80-48-25-22-45-74(80)76-56-55-73(60-84(76)92)94(66-34-12-3-13-35-66,67-36-14-4-15-37-67)68-38-16-5-17-39-68/h1-61H. The monoisotopic (exact) mass is 1240 g/mol. The van der Waals surface area contributed by atoms with Crippen molar-refractivity contribution in [3.63, 3.8) is 0 Å². The molecule has 446 valence electrons. The molecule has 0 aliphatic heterocycles. The van der Waals surface area contributed by atoms with Crippen LogP contribution in [0.5, 0.6) is 0 Å². The van der Waals surface area contributed by atoms with Gasteiger partial charge in [0.25, 0.3) is 0 Å². The lowest BCUT2D eigenvalue weighted by Gasteiger charge is -2.35. The summed E-state index contributed by atoms with van der Waals surface area (Å²) in [5, 5.41) is 17.3. The summed E-state index contributed by atoms with van der Waals surface area (Å²) in [6, 6.07) is 137. The van der Waals surface area contributed by atoms with Gasteiger partial charge in [0.15, 0.2) is 16.1 Å². The number of hydrogen-bond acceptors (Lipinski definition) is 2. The van der Waals surface area contributed by atoms with Crippen molar-refractivity contribution in [1.82, 2.24) is 23.7 Å². The fraction of sp³-hybridized carbons (Fsp3) is 0. The predicted octanol–water partition coefficient (Wildman–Crippen LogP) is 15.9. The highest BCUT2D eigenvalue weighted by Gasteiger charge is 2.43. The van der Waals surface area contributed by atoms with Crippen LogP contribution < -0.4 is 41.5 Å². The first-order valence-corrected chi connectivity index (χ1v) is 36.6. The van der Waals surface area contributed by atoms with Crippen LogP contribution in [0.15, 0.2) is 370 Å². The second-order valence-electron chi connectivity index (χ2n) is 24.7. The largest absolute Gasteiger partial charge is 0.309 e. The van der Waals surface area contributed by atoms with E-state index in [1.807, 2.05) is 0 Å². The van der Waals surface area contributed by atoms with Crippen LogP contribution >= 0.6 is 0 Å². The second-order valence-corrected chi connectivity index (χ2v) is 32.4. The first-order valence-electron chi connectivity index (χ1n) is 32.6. The minimum absolute atomic E-state index is 0.579. The zero-order valence-electron chi connectivity index (χ0n) is 52.0. The van der Waals surface area contributed by atoms with E-state index in [4.69, 9.17) is 9.97 Å². The first kappa shape index (κ1) is 55.8. The van der Waals surface area contributed by atoms with Crippen LogP contribution in [0.3, 0.4) is 0 Å². The molecule has 18 aromatic rings. The lowest BCUT2D eigenvalue weighted by atomic mass is 10.1. The number of nitrogens with zero attached hydrogens (tertiary/aromatic N) is 5. The number of fused-ring (bicyclic) bond motifs is 10. The van der Waals surface area contributed by atoms with E-state index in [-0.39, 0.29) is 0 Å². The molecule has 95 heavy (non-hydrogen) atoms. The topological polar surface area (TPSA) is 40.6 Å². The number of rotatable bonds is 13. The molecule has 0 spiro atoms. The van der Waals surface area contributed by atoms with E-state index in [9.17, 15) is 0 Å². The van der Waals surface area contributed by atoms with E-state index in [0.29, 0.717) is 5.95 Å². The number of para-hydroxylation sites is 4. The number of hydrogen-bond donors (Lipinski definition) is 0. The Morgan fingerprint density at radius 3 is 1.18 bits per heavy atom.